The minimum atomic E-state index is -0.445. The minimum Gasteiger partial charge on any atom is -0.339 e. The van der Waals surface area contributed by atoms with Crippen LogP contribution in [0.5, 0.6) is 0 Å². The van der Waals surface area contributed by atoms with E-state index >= 15 is 0 Å². The summed E-state index contributed by atoms with van der Waals surface area (Å²) in [5.74, 6) is 2.14. The highest BCUT2D eigenvalue weighted by atomic mass is 19.1. The molecule has 2 heterocycles. The van der Waals surface area contributed by atoms with Gasteiger partial charge in [0.2, 0.25) is 11.8 Å². The highest BCUT2D eigenvalue weighted by Crippen LogP contribution is 2.37. The molecule has 0 atom stereocenters. The molecular formula is C20H23FN4O2. The molecule has 2 amide bonds. The van der Waals surface area contributed by atoms with Gasteiger partial charge in [-0.2, -0.15) is 10.2 Å². The first-order chi connectivity index (χ1) is 13.0. The van der Waals surface area contributed by atoms with E-state index in [-0.39, 0.29) is 24.1 Å². The van der Waals surface area contributed by atoms with Crippen molar-refractivity contribution >= 4 is 11.8 Å². The Bertz CT molecular complexity index is 772. The Morgan fingerprint density at radius 1 is 1.07 bits per heavy atom. The van der Waals surface area contributed by atoms with Crippen LogP contribution in [0.2, 0.25) is 0 Å². The maximum Gasteiger partial charge on any atom is 0.227 e. The van der Waals surface area contributed by atoms with E-state index < -0.39 is 5.66 Å². The zero-order valence-electron chi connectivity index (χ0n) is 15.2. The van der Waals surface area contributed by atoms with Crippen LogP contribution in [0.3, 0.4) is 0 Å². The van der Waals surface area contributed by atoms with Crippen LogP contribution < -0.4 is 0 Å². The monoisotopic (exact) mass is 370 g/mol. The van der Waals surface area contributed by atoms with Gasteiger partial charge in [0.15, 0.2) is 5.66 Å². The highest BCUT2D eigenvalue weighted by Gasteiger charge is 2.39. The van der Waals surface area contributed by atoms with E-state index in [0.29, 0.717) is 57.4 Å². The van der Waals surface area contributed by atoms with Gasteiger partial charge in [-0.25, -0.2) is 4.39 Å². The smallest absolute Gasteiger partial charge is 0.227 e. The Balaban J connectivity index is 1.42. The molecule has 6 nitrogen and oxygen atoms in total. The first kappa shape index (κ1) is 19.0. The molecule has 1 aromatic carbocycles. The van der Waals surface area contributed by atoms with Gasteiger partial charge in [0.25, 0.3) is 0 Å². The number of amides is 2. The summed E-state index contributed by atoms with van der Waals surface area (Å²) in [7, 11) is 0. The third-order valence-electron chi connectivity index (χ3n) is 5.08. The van der Waals surface area contributed by atoms with Crippen molar-refractivity contribution < 1.29 is 14.0 Å². The van der Waals surface area contributed by atoms with Gasteiger partial charge < -0.3 is 9.80 Å². The second-order valence-electron chi connectivity index (χ2n) is 6.92. The molecule has 0 N–H and O–H groups in total. The Morgan fingerprint density at radius 2 is 1.70 bits per heavy atom. The van der Waals surface area contributed by atoms with Gasteiger partial charge in [0, 0.05) is 51.9 Å². The lowest BCUT2D eigenvalue weighted by atomic mass is 10.0. The highest BCUT2D eigenvalue weighted by molar-refractivity contribution is 5.80. The van der Waals surface area contributed by atoms with E-state index in [1.807, 2.05) is 0 Å². The fraction of sp³-hybridized carbons (Fsp3) is 0.500. The van der Waals surface area contributed by atoms with Gasteiger partial charge in [-0.15, -0.1) is 12.3 Å². The largest absolute Gasteiger partial charge is 0.339 e. The van der Waals surface area contributed by atoms with Crippen molar-refractivity contribution in [1.29, 1.82) is 0 Å². The maximum absolute atomic E-state index is 13.7. The molecule has 1 aromatic rings. The molecule has 0 aromatic heterocycles. The number of hydrogen-bond donors (Lipinski definition) is 0. The predicted molar refractivity (Wildman–Crippen MR) is 98.2 cm³/mol. The van der Waals surface area contributed by atoms with Crippen LogP contribution in [-0.2, 0) is 16.0 Å². The topological polar surface area (TPSA) is 65.3 Å². The van der Waals surface area contributed by atoms with Gasteiger partial charge in [0.1, 0.15) is 5.82 Å². The molecule has 0 spiro atoms. The van der Waals surface area contributed by atoms with E-state index in [2.05, 4.69) is 16.1 Å². The molecule has 0 bridgehead atoms. The molecule has 2 aliphatic rings. The standard InChI is InChI=1S/C20H23FN4O2/c1-2-3-9-20(22-23-20)10-8-18(26)24-11-13-25(14-12-24)19(27)15-16-6-4-5-7-17(16)21/h1,4-7H,3,8-15H2. The minimum absolute atomic E-state index is 0.0430. The number of halogens is 1. The summed E-state index contributed by atoms with van der Waals surface area (Å²) in [5.41, 5.74) is -0.0465. The second-order valence-corrected chi connectivity index (χ2v) is 6.92. The van der Waals surface area contributed by atoms with E-state index in [1.165, 1.54) is 6.07 Å². The summed E-state index contributed by atoms with van der Waals surface area (Å²) in [4.78, 5) is 28.2. The maximum atomic E-state index is 13.7. The number of terminal acetylenes is 1. The summed E-state index contributed by atoms with van der Waals surface area (Å²) in [6.45, 7) is 1.92. The Kier molecular flexibility index (Phi) is 5.84. The summed E-state index contributed by atoms with van der Waals surface area (Å²) in [5, 5.41) is 8.09. The average molecular weight is 370 g/mol. The number of carbonyl (C=O) groups is 2. The van der Waals surface area contributed by atoms with E-state index in [0.717, 1.165) is 0 Å². The van der Waals surface area contributed by atoms with Crippen LogP contribution in [-0.4, -0.2) is 53.5 Å². The van der Waals surface area contributed by atoms with Crippen molar-refractivity contribution in [2.45, 2.75) is 37.8 Å². The van der Waals surface area contributed by atoms with Crippen LogP contribution in [0.15, 0.2) is 34.5 Å². The van der Waals surface area contributed by atoms with Gasteiger partial charge in [-0.1, -0.05) is 18.2 Å². The quantitative estimate of drug-likeness (QED) is 0.692. The molecular weight excluding hydrogens is 347 g/mol. The zero-order valence-corrected chi connectivity index (χ0v) is 15.2. The van der Waals surface area contributed by atoms with Crippen LogP contribution in [0, 0.1) is 18.2 Å². The normalized spacial score (nSPS) is 17.5. The summed E-state index contributed by atoms with van der Waals surface area (Å²) in [6.07, 6.45) is 7.56. The summed E-state index contributed by atoms with van der Waals surface area (Å²) >= 11 is 0. The molecule has 0 unspecified atom stereocenters. The second kappa shape index (κ2) is 8.30. The lowest BCUT2D eigenvalue weighted by Gasteiger charge is -2.35. The zero-order chi connectivity index (χ0) is 19.3. The van der Waals surface area contributed by atoms with Gasteiger partial charge in [-0.3, -0.25) is 9.59 Å². The molecule has 1 saturated heterocycles. The number of carbonyl (C=O) groups excluding carboxylic acids is 2. The Hall–Kier alpha value is -2.75. The molecule has 3 rings (SSSR count). The summed E-state index contributed by atoms with van der Waals surface area (Å²) < 4.78 is 13.7. The molecule has 0 radical (unpaired) electrons. The van der Waals surface area contributed by atoms with E-state index in [9.17, 15) is 14.0 Å². The van der Waals surface area contributed by atoms with Gasteiger partial charge in [0.05, 0.1) is 6.42 Å². The number of rotatable bonds is 7. The van der Waals surface area contributed by atoms with Gasteiger partial charge in [-0.05, 0) is 11.6 Å². The van der Waals surface area contributed by atoms with Crippen molar-refractivity contribution in [3.63, 3.8) is 0 Å². The molecule has 27 heavy (non-hydrogen) atoms. The van der Waals surface area contributed by atoms with Crippen molar-refractivity contribution in [2.75, 3.05) is 26.2 Å². The predicted octanol–water partition coefficient (Wildman–Crippen LogP) is 2.39. The van der Waals surface area contributed by atoms with Gasteiger partial charge >= 0.3 is 0 Å². The first-order valence-electron chi connectivity index (χ1n) is 9.19. The summed E-state index contributed by atoms with van der Waals surface area (Å²) in [6, 6.07) is 6.30. The van der Waals surface area contributed by atoms with Crippen molar-refractivity contribution in [2.24, 2.45) is 10.2 Å². The fourth-order valence-corrected chi connectivity index (χ4v) is 3.26. The number of benzene rings is 1. The lowest BCUT2D eigenvalue weighted by molar-refractivity contribution is -0.139. The van der Waals surface area contributed by atoms with Crippen LogP contribution >= 0.6 is 0 Å². The SMILES string of the molecule is C#CCCC1(CCC(=O)N2CCN(C(=O)Cc3ccccc3F)CC2)N=N1. The Morgan fingerprint density at radius 3 is 2.30 bits per heavy atom. The number of hydrogen-bond acceptors (Lipinski definition) is 4. The van der Waals surface area contributed by atoms with Crippen molar-refractivity contribution in [3.05, 3.63) is 35.6 Å². The molecule has 1 fully saturated rings. The number of piperazine rings is 1. The van der Waals surface area contributed by atoms with Crippen molar-refractivity contribution in [1.82, 2.24) is 9.80 Å². The molecule has 2 aliphatic heterocycles. The first-order valence-corrected chi connectivity index (χ1v) is 9.19. The fourth-order valence-electron chi connectivity index (χ4n) is 3.26. The van der Waals surface area contributed by atoms with Crippen LogP contribution in [0.4, 0.5) is 4.39 Å². The molecule has 0 saturated carbocycles. The molecule has 0 aliphatic carbocycles. The van der Waals surface area contributed by atoms with E-state index in [4.69, 9.17) is 6.42 Å². The van der Waals surface area contributed by atoms with Crippen molar-refractivity contribution in [3.8, 4) is 12.3 Å². The van der Waals surface area contributed by atoms with E-state index in [1.54, 1.807) is 28.0 Å². The Labute approximate surface area is 158 Å². The lowest BCUT2D eigenvalue weighted by Crippen LogP contribution is -2.51. The van der Waals surface area contributed by atoms with Crippen LogP contribution in [0.1, 0.15) is 31.2 Å². The third kappa shape index (κ3) is 4.91. The molecule has 142 valence electrons. The molecule has 7 heteroatoms. The number of nitrogens with zero attached hydrogens (tertiary/aromatic N) is 4. The third-order valence-corrected chi connectivity index (χ3v) is 5.08. The van der Waals surface area contributed by atoms with Crippen LogP contribution in [0.25, 0.3) is 0 Å². The average Bonchev–Trinajstić information content (AvgIpc) is 3.46.